The van der Waals surface area contributed by atoms with Gasteiger partial charge in [-0.05, 0) is 5.92 Å². The minimum absolute atomic E-state index is 0.0925. The molecule has 0 bridgehead atoms. The van der Waals surface area contributed by atoms with Crippen molar-refractivity contribution in [1.29, 1.82) is 0 Å². The molecule has 0 amide bonds. The summed E-state index contributed by atoms with van der Waals surface area (Å²) < 4.78 is 16.2. The van der Waals surface area contributed by atoms with Crippen LogP contribution in [0.2, 0.25) is 0 Å². The minimum atomic E-state index is -0.259. The van der Waals surface area contributed by atoms with Crippen molar-refractivity contribution in [2.45, 2.75) is 52.9 Å². The third kappa shape index (κ3) is 5.38. The summed E-state index contributed by atoms with van der Waals surface area (Å²) in [6.45, 7) is 10.5. The zero-order valence-corrected chi connectivity index (χ0v) is 13.4. The van der Waals surface area contributed by atoms with Gasteiger partial charge in [0.2, 0.25) is 0 Å². The van der Waals surface area contributed by atoms with Crippen LogP contribution < -0.4 is 5.32 Å². The number of carbonyl (C=O) groups excluding carboxylic acids is 1. The molecule has 1 N–H and O–H groups in total. The molecular formula is C15H29NO4. The summed E-state index contributed by atoms with van der Waals surface area (Å²) in [5, 5.41) is 3.25. The van der Waals surface area contributed by atoms with Gasteiger partial charge in [0, 0.05) is 18.4 Å². The molecule has 1 heterocycles. The first-order valence-corrected chi connectivity index (χ1v) is 7.44. The molecule has 1 fully saturated rings. The molecule has 2 unspecified atom stereocenters. The highest BCUT2D eigenvalue weighted by Gasteiger charge is 2.29. The maximum Gasteiger partial charge on any atom is 0.323 e. The number of hydrogen-bond acceptors (Lipinski definition) is 5. The van der Waals surface area contributed by atoms with E-state index in [2.05, 4.69) is 26.1 Å². The fourth-order valence-corrected chi connectivity index (χ4v) is 2.13. The van der Waals surface area contributed by atoms with Crippen molar-refractivity contribution in [3.05, 3.63) is 0 Å². The second kappa shape index (κ2) is 7.96. The van der Waals surface area contributed by atoms with Gasteiger partial charge in [-0.1, -0.05) is 34.1 Å². The van der Waals surface area contributed by atoms with Crippen molar-refractivity contribution in [1.82, 2.24) is 5.32 Å². The first kappa shape index (κ1) is 17.4. The van der Waals surface area contributed by atoms with E-state index < -0.39 is 0 Å². The van der Waals surface area contributed by atoms with Crippen LogP contribution in [0, 0.1) is 11.3 Å². The predicted octanol–water partition coefficient (Wildman–Crippen LogP) is 1.95. The third-order valence-electron chi connectivity index (χ3n) is 3.73. The lowest BCUT2D eigenvalue weighted by molar-refractivity contribution is -0.223. The first-order chi connectivity index (χ1) is 9.39. The fourth-order valence-electron chi connectivity index (χ4n) is 2.13. The largest absolute Gasteiger partial charge is 0.468 e. The normalized spacial score (nSPS) is 22.2. The molecule has 118 valence electrons. The van der Waals surface area contributed by atoms with Crippen LogP contribution in [0.25, 0.3) is 0 Å². The number of rotatable bonds is 7. The van der Waals surface area contributed by atoms with Gasteiger partial charge in [0.1, 0.15) is 6.04 Å². The standard InChI is InChI=1S/C15H29NO4/c1-6-11(2)13(14(17)18-5)16-8-7-12-19-9-15(3,4)10-20-12/h11-13,16H,6-10H2,1-5H3. The van der Waals surface area contributed by atoms with E-state index in [-0.39, 0.29) is 29.6 Å². The van der Waals surface area contributed by atoms with E-state index in [0.717, 1.165) is 12.8 Å². The van der Waals surface area contributed by atoms with E-state index in [0.29, 0.717) is 19.8 Å². The zero-order chi connectivity index (χ0) is 15.2. The van der Waals surface area contributed by atoms with Crippen LogP contribution in [0.5, 0.6) is 0 Å². The van der Waals surface area contributed by atoms with Crippen molar-refractivity contribution in [2.24, 2.45) is 11.3 Å². The van der Waals surface area contributed by atoms with Crippen LogP contribution in [-0.2, 0) is 19.0 Å². The lowest BCUT2D eigenvalue weighted by Crippen LogP contribution is -2.45. The topological polar surface area (TPSA) is 56.8 Å². The number of esters is 1. The molecule has 0 saturated carbocycles. The second-order valence-electron chi connectivity index (χ2n) is 6.34. The number of methoxy groups -OCH3 is 1. The van der Waals surface area contributed by atoms with Crippen molar-refractivity contribution in [3.8, 4) is 0 Å². The summed E-state index contributed by atoms with van der Waals surface area (Å²) in [6.07, 6.45) is 1.49. The SMILES string of the molecule is CCC(C)C(NCCC1OCC(C)(C)CO1)C(=O)OC. The van der Waals surface area contributed by atoms with Gasteiger partial charge in [0.25, 0.3) is 0 Å². The van der Waals surface area contributed by atoms with E-state index in [9.17, 15) is 4.79 Å². The molecule has 5 nitrogen and oxygen atoms in total. The lowest BCUT2D eigenvalue weighted by Gasteiger charge is -2.34. The molecule has 20 heavy (non-hydrogen) atoms. The molecule has 2 atom stereocenters. The van der Waals surface area contributed by atoms with Crippen LogP contribution in [0.4, 0.5) is 0 Å². The van der Waals surface area contributed by atoms with Crippen molar-refractivity contribution < 1.29 is 19.0 Å². The van der Waals surface area contributed by atoms with E-state index in [1.807, 2.05) is 6.92 Å². The smallest absolute Gasteiger partial charge is 0.323 e. The van der Waals surface area contributed by atoms with Gasteiger partial charge >= 0.3 is 5.97 Å². The van der Waals surface area contributed by atoms with E-state index >= 15 is 0 Å². The lowest BCUT2D eigenvalue weighted by atomic mass is 9.95. The number of hydrogen-bond donors (Lipinski definition) is 1. The van der Waals surface area contributed by atoms with Crippen LogP contribution in [0.3, 0.4) is 0 Å². The Morgan fingerprint density at radius 3 is 2.50 bits per heavy atom. The molecule has 1 rings (SSSR count). The highest BCUT2D eigenvalue weighted by Crippen LogP contribution is 2.23. The van der Waals surface area contributed by atoms with Crippen LogP contribution in [0.1, 0.15) is 40.5 Å². The maximum atomic E-state index is 11.7. The monoisotopic (exact) mass is 287 g/mol. The van der Waals surface area contributed by atoms with E-state index in [1.54, 1.807) is 0 Å². The Morgan fingerprint density at radius 1 is 1.40 bits per heavy atom. The van der Waals surface area contributed by atoms with Crippen molar-refractivity contribution in [3.63, 3.8) is 0 Å². The van der Waals surface area contributed by atoms with Gasteiger partial charge in [-0.15, -0.1) is 0 Å². The molecule has 5 heteroatoms. The maximum absolute atomic E-state index is 11.7. The molecule has 0 aromatic heterocycles. The van der Waals surface area contributed by atoms with Crippen LogP contribution in [-0.4, -0.2) is 45.2 Å². The molecule has 0 radical (unpaired) electrons. The molecule has 0 spiro atoms. The van der Waals surface area contributed by atoms with Gasteiger partial charge < -0.3 is 19.5 Å². The third-order valence-corrected chi connectivity index (χ3v) is 3.73. The average Bonchev–Trinajstić information content (AvgIpc) is 2.43. The Morgan fingerprint density at radius 2 is 2.00 bits per heavy atom. The van der Waals surface area contributed by atoms with Crippen molar-refractivity contribution in [2.75, 3.05) is 26.9 Å². The molecule has 0 aromatic carbocycles. The first-order valence-electron chi connectivity index (χ1n) is 7.44. The minimum Gasteiger partial charge on any atom is -0.468 e. The van der Waals surface area contributed by atoms with Crippen LogP contribution >= 0.6 is 0 Å². The summed E-state index contributed by atoms with van der Waals surface area (Å²) in [6, 6.07) is -0.259. The summed E-state index contributed by atoms with van der Waals surface area (Å²) in [7, 11) is 1.43. The molecule has 1 saturated heterocycles. The van der Waals surface area contributed by atoms with Crippen molar-refractivity contribution >= 4 is 5.97 Å². The Labute approximate surface area is 122 Å². The summed E-state index contributed by atoms with van der Waals surface area (Å²) in [5.41, 5.74) is 0.0925. The predicted molar refractivity (Wildman–Crippen MR) is 77.4 cm³/mol. The summed E-state index contributed by atoms with van der Waals surface area (Å²) in [5.74, 6) is 0.0422. The summed E-state index contributed by atoms with van der Waals surface area (Å²) >= 11 is 0. The van der Waals surface area contributed by atoms with Gasteiger partial charge in [-0.2, -0.15) is 0 Å². The molecule has 0 aromatic rings. The Hall–Kier alpha value is -0.650. The van der Waals surface area contributed by atoms with E-state index in [1.165, 1.54) is 7.11 Å². The highest BCUT2D eigenvalue weighted by molar-refractivity contribution is 5.75. The van der Waals surface area contributed by atoms with Gasteiger partial charge in [0.15, 0.2) is 6.29 Å². The number of carbonyl (C=O) groups is 1. The summed E-state index contributed by atoms with van der Waals surface area (Å²) in [4.78, 5) is 11.7. The van der Waals surface area contributed by atoms with Gasteiger partial charge in [0.05, 0.1) is 20.3 Å². The second-order valence-corrected chi connectivity index (χ2v) is 6.34. The van der Waals surface area contributed by atoms with Crippen LogP contribution in [0.15, 0.2) is 0 Å². The number of nitrogens with one attached hydrogen (secondary N) is 1. The fraction of sp³-hybridized carbons (Fsp3) is 0.933. The molecular weight excluding hydrogens is 258 g/mol. The van der Waals surface area contributed by atoms with Gasteiger partial charge in [-0.3, -0.25) is 4.79 Å². The Balaban J connectivity index is 2.32. The number of ether oxygens (including phenoxy) is 3. The quantitative estimate of drug-likeness (QED) is 0.725. The zero-order valence-electron chi connectivity index (χ0n) is 13.4. The Kier molecular flexibility index (Phi) is 6.92. The Bertz CT molecular complexity index is 296. The van der Waals surface area contributed by atoms with Gasteiger partial charge in [-0.25, -0.2) is 0 Å². The average molecular weight is 287 g/mol. The molecule has 0 aliphatic carbocycles. The van der Waals surface area contributed by atoms with E-state index in [4.69, 9.17) is 14.2 Å². The highest BCUT2D eigenvalue weighted by atomic mass is 16.7. The molecule has 1 aliphatic rings. The molecule has 1 aliphatic heterocycles.